The lowest BCUT2D eigenvalue weighted by Gasteiger charge is -2.15. The molecule has 0 heterocycles. The molecule has 7 heteroatoms. The smallest absolute Gasteiger partial charge is 0.279 e. The van der Waals surface area contributed by atoms with E-state index in [-0.39, 0.29) is 6.61 Å². The quantitative estimate of drug-likeness (QED) is 0.744. The van der Waals surface area contributed by atoms with Crippen molar-refractivity contribution in [1.82, 2.24) is 10.9 Å². The first-order valence-electron chi connectivity index (χ1n) is 8.20. The van der Waals surface area contributed by atoms with E-state index in [1.54, 1.807) is 12.1 Å². The first-order valence-corrected chi connectivity index (χ1v) is 8.20. The number of amides is 2. The lowest BCUT2D eigenvalue weighted by molar-refractivity contribution is -0.133. The third-order valence-corrected chi connectivity index (χ3v) is 3.52. The first-order chi connectivity index (χ1) is 12.5. The maximum atomic E-state index is 12.8. The van der Waals surface area contributed by atoms with Crippen LogP contribution in [0.2, 0.25) is 0 Å². The molecule has 2 N–H and O–H groups in total. The Hall–Kier alpha value is -3.09. The minimum absolute atomic E-state index is 0.237. The maximum absolute atomic E-state index is 12.8. The SMILES string of the molecule is CCc1ccc(OCC(=O)NNC(=O)[C@H](C)Oc2ccc(F)cc2)cc1. The van der Waals surface area contributed by atoms with Crippen molar-refractivity contribution in [3.63, 3.8) is 0 Å². The van der Waals surface area contributed by atoms with Crippen molar-refractivity contribution in [2.45, 2.75) is 26.4 Å². The molecule has 0 spiro atoms. The second-order valence-electron chi connectivity index (χ2n) is 5.54. The number of nitrogens with one attached hydrogen (secondary N) is 2. The number of carbonyl (C=O) groups is 2. The van der Waals surface area contributed by atoms with Crippen molar-refractivity contribution >= 4 is 11.8 Å². The van der Waals surface area contributed by atoms with Gasteiger partial charge in [-0.3, -0.25) is 20.4 Å². The molecule has 6 nitrogen and oxygen atoms in total. The molecule has 0 aliphatic carbocycles. The van der Waals surface area contributed by atoms with Crippen molar-refractivity contribution < 1.29 is 23.5 Å². The summed E-state index contributed by atoms with van der Waals surface area (Å²) >= 11 is 0. The number of aryl methyl sites for hydroxylation is 1. The predicted octanol–water partition coefficient (Wildman–Crippen LogP) is 2.38. The molecule has 2 rings (SSSR count). The number of hydrogen-bond acceptors (Lipinski definition) is 4. The van der Waals surface area contributed by atoms with Crippen LogP contribution in [0.3, 0.4) is 0 Å². The molecule has 2 aromatic rings. The Morgan fingerprint density at radius 3 is 2.23 bits per heavy atom. The third kappa shape index (κ3) is 6.08. The number of halogens is 1. The number of benzene rings is 2. The van der Waals surface area contributed by atoms with E-state index in [1.807, 2.05) is 19.1 Å². The second-order valence-corrected chi connectivity index (χ2v) is 5.54. The van der Waals surface area contributed by atoms with E-state index < -0.39 is 23.7 Å². The van der Waals surface area contributed by atoms with Crippen LogP contribution >= 0.6 is 0 Å². The molecule has 2 amide bonds. The van der Waals surface area contributed by atoms with E-state index in [0.29, 0.717) is 11.5 Å². The molecule has 0 fully saturated rings. The van der Waals surface area contributed by atoms with Gasteiger partial charge in [0, 0.05) is 0 Å². The normalized spacial score (nSPS) is 11.3. The van der Waals surface area contributed by atoms with Gasteiger partial charge in [-0.05, 0) is 55.3 Å². The highest BCUT2D eigenvalue weighted by atomic mass is 19.1. The summed E-state index contributed by atoms with van der Waals surface area (Å²) in [6.45, 7) is 3.32. The Kier molecular flexibility index (Phi) is 6.96. The van der Waals surface area contributed by atoms with Gasteiger partial charge in [0.2, 0.25) is 0 Å². The molecule has 2 aromatic carbocycles. The molecular weight excluding hydrogens is 339 g/mol. The molecule has 0 bridgehead atoms. The summed E-state index contributed by atoms with van der Waals surface area (Å²) in [5.41, 5.74) is 5.67. The highest BCUT2D eigenvalue weighted by molar-refractivity contribution is 5.85. The van der Waals surface area contributed by atoms with E-state index in [2.05, 4.69) is 10.9 Å². The maximum Gasteiger partial charge on any atom is 0.279 e. The van der Waals surface area contributed by atoms with E-state index >= 15 is 0 Å². The molecule has 0 aromatic heterocycles. The van der Waals surface area contributed by atoms with Crippen LogP contribution < -0.4 is 20.3 Å². The van der Waals surface area contributed by atoms with E-state index in [4.69, 9.17) is 9.47 Å². The Morgan fingerprint density at radius 2 is 1.62 bits per heavy atom. The highest BCUT2D eigenvalue weighted by Crippen LogP contribution is 2.13. The Balaban J connectivity index is 1.71. The fraction of sp³-hybridized carbons (Fsp3) is 0.263. The van der Waals surface area contributed by atoms with Gasteiger partial charge in [-0.25, -0.2) is 4.39 Å². The van der Waals surface area contributed by atoms with E-state index in [1.165, 1.54) is 36.8 Å². The van der Waals surface area contributed by atoms with Crippen molar-refractivity contribution in [2.24, 2.45) is 0 Å². The molecule has 0 aliphatic rings. The monoisotopic (exact) mass is 360 g/mol. The number of carbonyl (C=O) groups excluding carboxylic acids is 2. The van der Waals surface area contributed by atoms with E-state index in [9.17, 15) is 14.0 Å². The van der Waals surface area contributed by atoms with Gasteiger partial charge >= 0.3 is 0 Å². The zero-order valence-electron chi connectivity index (χ0n) is 14.6. The summed E-state index contributed by atoms with van der Waals surface area (Å²) in [7, 11) is 0. The Labute approximate surface area is 151 Å². The van der Waals surface area contributed by atoms with Crippen LogP contribution in [-0.4, -0.2) is 24.5 Å². The molecule has 1 atom stereocenters. The average Bonchev–Trinajstić information content (AvgIpc) is 2.66. The molecule has 0 unspecified atom stereocenters. The van der Waals surface area contributed by atoms with Gasteiger partial charge in [0.25, 0.3) is 11.8 Å². The largest absolute Gasteiger partial charge is 0.484 e. The first kappa shape index (κ1) is 19.2. The van der Waals surface area contributed by atoms with Gasteiger partial charge < -0.3 is 9.47 Å². The minimum atomic E-state index is -0.872. The molecule has 26 heavy (non-hydrogen) atoms. The van der Waals surface area contributed by atoms with Gasteiger partial charge in [-0.1, -0.05) is 19.1 Å². The van der Waals surface area contributed by atoms with Crippen molar-refractivity contribution in [1.29, 1.82) is 0 Å². The van der Waals surface area contributed by atoms with Crippen molar-refractivity contribution in [3.8, 4) is 11.5 Å². The second kappa shape index (κ2) is 9.41. The number of rotatable bonds is 7. The van der Waals surface area contributed by atoms with Crippen LogP contribution in [0.25, 0.3) is 0 Å². The zero-order chi connectivity index (χ0) is 18.9. The third-order valence-electron chi connectivity index (χ3n) is 3.52. The lowest BCUT2D eigenvalue weighted by atomic mass is 10.2. The van der Waals surface area contributed by atoms with Crippen molar-refractivity contribution in [2.75, 3.05) is 6.61 Å². The average molecular weight is 360 g/mol. The minimum Gasteiger partial charge on any atom is -0.484 e. The number of ether oxygens (including phenoxy) is 2. The van der Waals surface area contributed by atoms with Gasteiger partial charge in [0.15, 0.2) is 12.7 Å². The molecule has 138 valence electrons. The summed E-state index contributed by atoms with van der Waals surface area (Å²) in [4.78, 5) is 23.6. The number of hydrogen-bond donors (Lipinski definition) is 2. The zero-order valence-corrected chi connectivity index (χ0v) is 14.6. The fourth-order valence-corrected chi connectivity index (χ4v) is 2.01. The lowest BCUT2D eigenvalue weighted by Crippen LogP contribution is -2.48. The topological polar surface area (TPSA) is 76.7 Å². The summed E-state index contributed by atoms with van der Waals surface area (Å²) < 4.78 is 23.5. The predicted molar refractivity (Wildman–Crippen MR) is 94.1 cm³/mol. The summed E-state index contributed by atoms with van der Waals surface area (Å²) in [6, 6.07) is 12.7. The fourth-order valence-electron chi connectivity index (χ4n) is 2.01. The molecule has 0 radical (unpaired) electrons. The van der Waals surface area contributed by atoms with Crippen LogP contribution in [0.1, 0.15) is 19.4 Å². The van der Waals surface area contributed by atoms with Crippen LogP contribution in [0.15, 0.2) is 48.5 Å². The molecular formula is C19H21FN2O4. The Bertz CT molecular complexity index is 732. The summed E-state index contributed by atoms with van der Waals surface area (Å²) in [5, 5.41) is 0. The summed E-state index contributed by atoms with van der Waals surface area (Å²) in [5.74, 6) is -0.538. The van der Waals surface area contributed by atoms with Gasteiger partial charge in [-0.15, -0.1) is 0 Å². The molecule has 0 saturated heterocycles. The van der Waals surface area contributed by atoms with Crippen molar-refractivity contribution in [3.05, 3.63) is 59.9 Å². The van der Waals surface area contributed by atoms with Crippen LogP contribution in [0, 0.1) is 5.82 Å². The van der Waals surface area contributed by atoms with Gasteiger partial charge in [-0.2, -0.15) is 0 Å². The van der Waals surface area contributed by atoms with Crippen LogP contribution in [0.5, 0.6) is 11.5 Å². The van der Waals surface area contributed by atoms with Gasteiger partial charge in [0.1, 0.15) is 17.3 Å². The molecule has 0 saturated carbocycles. The number of hydrazine groups is 1. The van der Waals surface area contributed by atoms with Crippen LogP contribution in [0.4, 0.5) is 4.39 Å². The molecule has 0 aliphatic heterocycles. The van der Waals surface area contributed by atoms with E-state index in [0.717, 1.165) is 6.42 Å². The summed E-state index contributed by atoms with van der Waals surface area (Å²) in [6.07, 6.45) is 0.0496. The Morgan fingerprint density at radius 1 is 1.00 bits per heavy atom. The standard InChI is InChI=1S/C19H21FN2O4/c1-3-14-4-8-16(9-5-14)25-12-18(23)21-22-19(24)13(2)26-17-10-6-15(20)7-11-17/h4-11,13H,3,12H2,1-2H3,(H,21,23)(H,22,24)/t13-/m0/s1. The van der Waals surface area contributed by atoms with Crippen LogP contribution in [-0.2, 0) is 16.0 Å². The highest BCUT2D eigenvalue weighted by Gasteiger charge is 2.15. The van der Waals surface area contributed by atoms with Gasteiger partial charge in [0.05, 0.1) is 0 Å².